The molecule has 1 aliphatic carbocycles. The molecule has 1 rings (SSSR count). The van der Waals surface area contributed by atoms with Crippen molar-refractivity contribution in [3.63, 3.8) is 0 Å². The molecular formula is C16H24O4. The molecule has 0 aromatic heterocycles. The highest BCUT2D eigenvalue weighted by atomic mass is 16.5. The van der Waals surface area contributed by atoms with Crippen molar-refractivity contribution in [2.24, 2.45) is 10.8 Å². The van der Waals surface area contributed by atoms with Gasteiger partial charge in [0.1, 0.15) is 0 Å². The molecule has 0 N–H and O–H groups in total. The van der Waals surface area contributed by atoms with Crippen LogP contribution in [0.15, 0.2) is 25.3 Å². The molecule has 0 saturated heterocycles. The number of carbonyl (C=O) groups excluding carboxylic acids is 2. The molecule has 1 fully saturated rings. The maximum Gasteiger partial charge on any atom is 0.324 e. The average molecular weight is 280 g/mol. The number of esters is 2. The molecule has 0 amide bonds. The highest BCUT2D eigenvalue weighted by Crippen LogP contribution is 2.54. The molecule has 0 bridgehead atoms. The Hall–Kier alpha value is -1.58. The number of ether oxygens (including phenoxy) is 2. The van der Waals surface area contributed by atoms with Crippen LogP contribution in [0.3, 0.4) is 0 Å². The minimum Gasteiger partial charge on any atom is -0.468 e. The summed E-state index contributed by atoms with van der Waals surface area (Å²) in [5.74, 6) is -1.13. The summed E-state index contributed by atoms with van der Waals surface area (Å²) in [7, 11) is 2.59. The van der Waals surface area contributed by atoms with E-state index in [9.17, 15) is 9.59 Å². The highest BCUT2D eigenvalue weighted by molar-refractivity contribution is 6.01. The van der Waals surface area contributed by atoms with E-state index in [4.69, 9.17) is 9.47 Å². The third kappa shape index (κ3) is 2.39. The van der Waals surface area contributed by atoms with Crippen molar-refractivity contribution in [3.05, 3.63) is 25.3 Å². The van der Waals surface area contributed by atoms with Crippen molar-refractivity contribution >= 4 is 11.9 Å². The molecule has 1 aliphatic rings. The lowest BCUT2D eigenvalue weighted by molar-refractivity contribution is -0.179. The molecule has 0 heterocycles. The van der Waals surface area contributed by atoms with Crippen LogP contribution in [0.25, 0.3) is 0 Å². The maximum absolute atomic E-state index is 12.5. The summed E-state index contributed by atoms with van der Waals surface area (Å²) in [4.78, 5) is 24.9. The Bertz CT molecular complexity index is 375. The fourth-order valence-electron chi connectivity index (χ4n) is 3.41. The lowest BCUT2D eigenvalue weighted by atomic mass is 9.55. The van der Waals surface area contributed by atoms with E-state index < -0.39 is 22.8 Å². The Balaban J connectivity index is 3.45. The molecule has 20 heavy (non-hydrogen) atoms. The van der Waals surface area contributed by atoms with Crippen molar-refractivity contribution in [2.75, 3.05) is 14.2 Å². The first-order valence-electron chi connectivity index (χ1n) is 6.96. The predicted molar refractivity (Wildman–Crippen MR) is 77.0 cm³/mol. The predicted octanol–water partition coefficient (Wildman–Crippen LogP) is 3.03. The Labute approximate surface area is 120 Å². The maximum atomic E-state index is 12.5. The van der Waals surface area contributed by atoms with E-state index >= 15 is 0 Å². The van der Waals surface area contributed by atoms with Crippen LogP contribution in [-0.2, 0) is 19.1 Å². The largest absolute Gasteiger partial charge is 0.468 e. The zero-order chi connectivity index (χ0) is 15.2. The SMILES string of the molecule is C=CCC(C(=O)OC)(C(=O)OC)C1(C=C)CCCCC1. The second-order valence-corrected chi connectivity index (χ2v) is 5.30. The van der Waals surface area contributed by atoms with E-state index in [-0.39, 0.29) is 6.42 Å². The minimum absolute atomic E-state index is 0.193. The molecule has 0 radical (unpaired) electrons. The molecule has 0 unspecified atom stereocenters. The van der Waals surface area contributed by atoms with Gasteiger partial charge in [0.05, 0.1) is 14.2 Å². The summed E-state index contributed by atoms with van der Waals surface area (Å²) >= 11 is 0. The van der Waals surface area contributed by atoms with Gasteiger partial charge in [-0.3, -0.25) is 9.59 Å². The van der Waals surface area contributed by atoms with Crippen molar-refractivity contribution in [2.45, 2.75) is 38.5 Å². The molecule has 4 heteroatoms. The van der Waals surface area contributed by atoms with Gasteiger partial charge in [-0.25, -0.2) is 0 Å². The zero-order valence-electron chi connectivity index (χ0n) is 12.4. The van der Waals surface area contributed by atoms with Gasteiger partial charge in [-0.1, -0.05) is 31.4 Å². The standard InChI is InChI=1S/C16H24O4/c1-5-10-16(13(17)19-3,14(18)20-4)15(6-2)11-8-7-9-12-15/h5-6H,1-2,7-12H2,3-4H3. The zero-order valence-corrected chi connectivity index (χ0v) is 12.4. The number of allylic oxidation sites excluding steroid dienone is 2. The van der Waals surface area contributed by atoms with E-state index in [1.807, 2.05) is 0 Å². The fourth-order valence-corrected chi connectivity index (χ4v) is 3.41. The van der Waals surface area contributed by atoms with Gasteiger partial charge in [-0.15, -0.1) is 13.2 Å². The Morgan fingerprint density at radius 3 is 1.95 bits per heavy atom. The van der Waals surface area contributed by atoms with Gasteiger partial charge in [0, 0.05) is 5.41 Å². The lowest BCUT2D eigenvalue weighted by Crippen LogP contribution is -2.54. The molecule has 4 nitrogen and oxygen atoms in total. The Morgan fingerprint density at radius 2 is 1.60 bits per heavy atom. The molecule has 0 atom stereocenters. The van der Waals surface area contributed by atoms with Crippen molar-refractivity contribution in [1.82, 2.24) is 0 Å². The smallest absolute Gasteiger partial charge is 0.324 e. The van der Waals surface area contributed by atoms with Crippen LogP contribution in [0.1, 0.15) is 38.5 Å². The average Bonchev–Trinajstić information content (AvgIpc) is 2.51. The minimum atomic E-state index is -1.37. The van der Waals surface area contributed by atoms with Crippen LogP contribution in [0.2, 0.25) is 0 Å². The van der Waals surface area contributed by atoms with Gasteiger partial charge in [-0.05, 0) is 19.3 Å². The number of carbonyl (C=O) groups is 2. The van der Waals surface area contributed by atoms with Crippen LogP contribution in [0, 0.1) is 10.8 Å². The van der Waals surface area contributed by atoms with Crippen LogP contribution < -0.4 is 0 Å². The second kappa shape index (κ2) is 6.73. The number of methoxy groups -OCH3 is 2. The van der Waals surface area contributed by atoms with E-state index in [2.05, 4.69) is 13.2 Å². The van der Waals surface area contributed by atoms with E-state index in [1.165, 1.54) is 14.2 Å². The summed E-state index contributed by atoms with van der Waals surface area (Å²) in [6.07, 6.45) is 7.98. The van der Waals surface area contributed by atoms with E-state index in [1.54, 1.807) is 12.2 Å². The van der Waals surface area contributed by atoms with Gasteiger partial charge in [0.25, 0.3) is 0 Å². The summed E-state index contributed by atoms with van der Waals surface area (Å²) in [5, 5.41) is 0. The Morgan fingerprint density at radius 1 is 1.10 bits per heavy atom. The van der Waals surface area contributed by atoms with Crippen LogP contribution in [0.5, 0.6) is 0 Å². The fraction of sp³-hybridized carbons (Fsp3) is 0.625. The number of hydrogen-bond acceptors (Lipinski definition) is 4. The molecule has 1 saturated carbocycles. The summed E-state index contributed by atoms with van der Waals surface area (Å²) < 4.78 is 9.87. The van der Waals surface area contributed by atoms with Gasteiger partial charge < -0.3 is 9.47 Å². The van der Waals surface area contributed by atoms with Crippen molar-refractivity contribution < 1.29 is 19.1 Å². The Kier molecular flexibility index (Phi) is 5.54. The van der Waals surface area contributed by atoms with Gasteiger partial charge >= 0.3 is 11.9 Å². The number of rotatable bonds is 6. The van der Waals surface area contributed by atoms with Gasteiger partial charge in [0.2, 0.25) is 0 Å². The van der Waals surface area contributed by atoms with Crippen molar-refractivity contribution in [3.8, 4) is 0 Å². The first-order valence-corrected chi connectivity index (χ1v) is 6.96. The first kappa shape index (κ1) is 16.5. The number of hydrogen-bond donors (Lipinski definition) is 0. The van der Waals surface area contributed by atoms with Crippen LogP contribution >= 0.6 is 0 Å². The summed E-state index contributed by atoms with van der Waals surface area (Å²) in [6.45, 7) is 7.58. The van der Waals surface area contributed by atoms with E-state index in [0.29, 0.717) is 0 Å². The molecule has 0 aromatic rings. The van der Waals surface area contributed by atoms with Crippen molar-refractivity contribution in [1.29, 1.82) is 0 Å². The summed E-state index contributed by atoms with van der Waals surface area (Å²) in [6, 6.07) is 0. The molecule has 112 valence electrons. The molecule has 0 aliphatic heterocycles. The van der Waals surface area contributed by atoms with Crippen LogP contribution in [0.4, 0.5) is 0 Å². The second-order valence-electron chi connectivity index (χ2n) is 5.30. The molecule has 0 aromatic carbocycles. The lowest BCUT2D eigenvalue weighted by Gasteiger charge is -2.46. The van der Waals surface area contributed by atoms with E-state index in [0.717, 1.165) is 32.1 Å². The topological polar surface area (TPSA) is 52.6 Å². The first-order chi connectivity index (χ1) is 9.54. The molecular weight excluding hydrogens is 256 g/mol. The van der Waals surface area contributed by atoms with Crippen LogP contribution in [-0.4, -0.2) is 26.2 Å². The monoisotopic (exact) mass is 280 g/mol. The highest BCUT2D eigenvalue weighted by Gasteiger charge is 2.61. The quantitative estimate of drug-likeness (QED) is 0.426. The van der Waals surface area contributed by atoms with Gasteiger partial charge in [-0.2, -0.15) is 0 Å². The molecule has 0 spiro atoms. The third-order valence-corrected chi connectivity index (χ3v) is 4.50. The third-order valence-electron chi connectivity index (χ3n) is 4.50. The summed E-state index contributed by atoms with van der Waals surface area (Å²) in [5.41, 5.74) is -2.00. The normalized spacial score (nSPS) is 17.9. The van der Waals surface area contributed by atoms with Gasteiger partial charge in [0.15, 0.2) is 5.41 Å².